The van der Waals surface area contributed by atoms with E-state index in [1.165, 1.54) is 0 Å². The standard InChI is InChI=1S/C12H12O.C8H8O.2C2H6/c1-8-7-10-5-3-4-6-11(10)12(13)9(8)2;1-7(9)8-5-3-2-4-6-8;2*1-2/h3-7,13H,1-2H3;2-6H,1H3;2*1-2H3. The molecule has 0 saturated heterocycles. The SMILES string of the molecule is CC.CC.CC(=O)c1ccccc1.Cc1cc2ccccc2c(O)c1C. The van der Waals surface area contributed by atoms with Crippen LogP contribution in [0.15, 0.2) is 60.7 Å². The molecule has 0 aromatic heterocycles. The molecule has 0 spiro atoms. The lowest BCUT2D eigenvalue weighted by molar-refractivity contribution is 0.101. The van der Waals surface area contributed by atoms with Crippen molar-refractivity contribution in [3.63, 3.8) is 0 Å². The van der Waals surface area contributed by atoms with Gasteiger partial charge in [0.1, 0.15) is 5.75 Å². The molecule has 0 atom stereocenters. The Balaban J connectivity index is 0.000000422. The van der Waals surface area contributed by atoms with E-state index in [0.29, 0.717) is 5.75 Å². The first kappa shape index (κ1) is 23.4. The fraction of sp³-hybridized carbons (Fsp3) is 0.292. The van der Waals surface area contributed by atoms with Crippen LogP contribution >= 0.6 is 0 Å². The van der Waals surface area contributed by atoms with Gasteiger partial charge in [-0.15, -0.1) is 0 Å². The molecule has 140 valence electrons. The van der Waals surface area contributed by atoms with Gasteiger partial charge < -0.3 is 5.11 Å². The van der Waals surface area contributed by atoms with E-state index in [-0.39, 0.29) is 5.78 Å². The second-order valence-corrected chi connectivity index (χ2v) is 5.31. The zero-order chi connectivity index (χ0) is 20.1. The minimum atomic E-state index is 0.121. The van der Waals surface area contributed by atoms with Crippen molar-refractivity contribution in [2.75, 3.05) is 0 Å². The molecule has 0 heterocycles. The molecule has 1 N–H and O–H groups in total. The Bertz CT molecular complexity index is 790. The van der Waals surface area contributed by atoms with Gasteiger partial charge in [-0.2, -0.15) is 0 Å². The quantitative estimate of drug-likeness (QED) is 0.474. The lowest BCUT2D eigenvalue weighted by atomic mass is 10.0. The number of fused-ring (bicyclic) bond motifs is 1. The summed E-state index contributed by atoms with van der Waals surface area (Å²) in [5.74, 6) is 0.534. The van der Waals surface area contributed by atoms with Crippen molar-refractivity contribution in [3.8, 4) is 5.75 Å². The Morgan fingerprint density at radius 3 is 1.81 bits per heavy atom. The Kier molecular flexibility index (Phi) is 11.4. The number of rotatable bonds is 1. The molecular weight excluding hydrogens is 320 g/mol. The summed E-state index contributed by atoms with van der Waals surface area (Å²) >= 11 is 0. The maximum atomic E-state index is 10.6. The number of Topliss-reactive ketones (excluding diaryl/α,β-unsaturated/α-hetero) is 1. The summed E-state index contributed by atoms with van der Waals surface area (Å²) in [5.41, 5.74) is 2.88. The van der Waals surface area contributed by atoms with Gasteiger partial charge in [-0.3, -0.25) is 4.79 Å². The predicted molar refractivity (Wildman–Crippen MR) is 114 cm³/mol. The third-order valence-corrected chi connectivity index (χ3v) is 3.71. The van der Waals surface area contributed by atoms with Crippen LogP contribution in [0.4, 0.5) is 0 Å². The summed E-state index contributed by atoms with van der Waals surface area (Å²) < 4.78 is 0. The normalized spacial score (nSPS) is 8.88. The monoisotopic (exact) mass is 352 g/mol. The van der Waals surface area contributed by atoms with Crippen LogP contribution in [-0.4, -0.2) is 10.9 Å². The van der Waals surface area contributed by atoms with E-state index >= 15 is 0 Å². The van der Waals surface area contributed by atoms with Crippen molar-refractivity contribution in [2.45, 2.75) is 48.5 Å². The van der Waals surface area contributed by atoms with Gasteiger partial charge in [-0.1, -0.05) is 88.4 Å². The summed E-state index contributed by atoms with van der Waals surface area (Å²) in [6, 6.07) is 19.2. The summed E-state index contributed by atoms with van der Waals surface area (Å²) in [7, 11) is 0. The van der Waals surface area contributed by atoms with Crippen molar-refractivity contribution in [1.82, 2.24) is 0 Å². The van der Waals surface area contributed by atoms with Gasteiger partial charge in [0, 0.05) is 10.9 Å². The van der Waals surface area contributed by atoms with Gasteiger partial charge in [0.25, 0.3) is 0 Å². The lowest BCUT2D eigenvalue weighted by Gasteiger charge is -2.07. The first-order valence-electron chi connectivity index (χ1n) is 9.24. The third-order valence-electron chi connectivity index (χ3n) is 3.71. The maximum absolute atomic E-state index is 10.6. The number of hydrogen-bond acceptors (Lipinski definition) is 2. The maximum Gasteiger partial charge on any atom is 0.159 e. The molecule has 0 unspecified atom stereocenters. The van der Waals surface area contributed by atoms with Gasteiger partial charge in [-0.05, 0) is 37.3 Å². The van der Waals surface area contributed by atoms with Crippen LogP contribution in [0.25, 0.3) is 10.8 Å². The number of phenolic OH excluding ortho intramolecular Hbond substituents is 1. The number of phenols is 1. The van der Waals surface area contributed by atoms with Crippen LogP contribution in [-0.2, 0) is 0 Å². The van der Waals surface area contributed by atoms with Gasteiger partial charge in [0.15, 0.2) is 5.78 Å². The fourth-order valence-corrected chi connectivity index (χ4v) is 2.24. The molecule has 0 saturated carbocycles. The number of aromatic hydroxyl groups is 1. The van der Waals surface area contributed by atoms with E-state index in [1.54, 1.807) is 6.92 Å². The minimum Gasteiger partial charge on any atom is -0.507 e. The minimum absolute atomic E-state index is 0.121. The molecule has 0 aliphatic rings. The fourth-order valence-electron chi connectivity index (χ4n) is 2.24. The average Bonchev–Trinajstić information content (AvgIpc) is 2.70. The van der Waals surface area contributed by atoms with Gasteiger partial charge in [0.2, 0.25) is 0 Å². The van der Waals surface area contributed by atoms with Crippen molar-refractivity contribution < 1.29 is 9.90 Å². The first-order valence-corrected chi connectivity index (χ1v) is 9.24. The van der Waals surface area contributed by atoms with Crippen LogP contribution in [0.3, 0.4) is 0 Å². The third kappa shape index (κ3) is 6.72. The Hall–Kier alpha value is -2.61. The largest absolute Gasteiger partial charge is 0.507 e. The van der Waals surface area contributed by atoms with E-state index < -0.39 is 0 Å². The highest BCUT2D eigenvalue weighted by Crippen LogP contribution is 2.30. The van der Waals surface area contributed by atoms with Crippen molar-refractivity contribution >= 4 is 16.6 Å². The summed E-state index contributed by atoms with van der Waals surface area (Å²) in [5, 5.41) is 11.9. The highest BCUT2D eigenvalue weighted by molar-refractivity contribution is 5.93. The van der Waals surface area contributed by atoms with E-state index in [4.69, 9.17) is 0 Å². The first-order chi connectivity index (χ1) is 12.5. The molecule has 2 nitrogen and oxygen atoms in total. The van der Waals surface area contributed by atoms with Crippen LogP contribution in [0.2, 0.25) is 0 Å². The van der Waals surface area contributed by atoms with Crippen molar-refractivity contribution in [3.05, 3.63) is 77.4 Å². The molecule has 0 fully saturated rings. The molecule has 26 heavy (non-hydrogen) atoms. The molecule has 3 aromatic rings. The second-order valence-electron chi connectivity index (χ2n) is 5.31. The molecule has 0 aliphatic heterocycles. The van der Waals surface area contributed by atoms with Crippen molar-refractivity contribution in [2.24, 2.45) is 0 Å². The van der Waals surface area contributed by atoms with Crippen molar-refractivity contribution in [1.29, 1.82) is 0 Å². The summed E-state index contributed by atoms with van der Waals surface area (Å²) in [4.78, 5) is 10.6. The molecule has 0 radical (unpaired) electrons. The van der Waals surface area contributed by atoms with Gasteiger partial charge in [0.05, 0.1) is 0 Å². The Morgan fingerprint density at radius 2 is 1.31 bits per heavy atom. The van der Waals surface area contributed by atoms with E-state index in [9.17, 15) is 9.90 Å². The van der Waals surface area contributed by atoms with E-state index in [2.05, 4.69) is 6.07 Å². The second kappa shape index (κ2) is 12.7. The topological polar surface area (TPSA) is 37.3 Å². The van der Waals surface area contributed by atoms with E-state index in [0.717, 1.165) is 27.5 Å². The highest BCUT2D eigenvalue weighted by Gasteiger charge is 2.04. The summed E-state index contributed by atoms with van der Waals surface area (Å²) in [6.45, 7) is 13.5. The summed E-state index contributed by atoms with van der Waals surface area (Å²) in [6.07, 6.45) is 0. The van der Waals surface area contributed by atoms with Gasteiger partial charge >= 0.3 is 0 Å². The number of benzene rings is 3. The predicted octanol–water partition coefficient (Wildman–Crippen LogP) is 7.10. The molecular formula is C24H32O2. The Morgan fingerprint density at radius 1 is 0.808 bits per heavy atom. The molecule has 0 bridgehead atoms. The molecule has 0 amide bonds. The molecule has 2 heteroatoms. The van der Waals surface area contributed by atoms with Crippen LogP contribution in [0, 0.1) is 13.8 Å². The highest BCUT2D eigenvalue weighted by atomic mass is 16.3. The average molecular weight is 353 g/mol. The number of hydrogen-bond donors (Lipinski definition) is 1. The molecule has 3 aromatic carbocycles. The van der Waals surface area contributed by atoms with Crippen LogP contribution < -0.4 is 0 Å². The van der Waals surface area contributed by atoms with E-state index in [1.807, 2.05) is 96.1 Å². The number of ketones is 1. The zero-order valence-corrected chi connectivity index (χ0v) is 17.1. The number of aryl methyl sites for hydroxylation is 1. The molecule has 0 aliphatic carbocycles. The van der Waals surface area contributed by atoms with Crippen LogP contribution in [0.5, 0.6) is 5.75 Å². The number of carbonyl (C=O) groups is 1. The van der Waals surface area contributed by atoms with Crippen LogP contribution in [0.1, 0.15) is 56.1 Å². The zero-order valence-electron chi connectivity index (χ0n) is 17.1. The molecule has 3 rings (SSSR count). The number of carbonyl (C=O) groups excluding carboxylic acids is 1. The van der Waals surface area contributed by atoms with Gasteiger partial charge in [-0.25, -0.2) is 0 Å². The lowest BCUT2D eigenvalue weighted by Crippen LogP contribution is -1.88. The Labute approximate surface area is 158 Å². The smallest absolute Gasteiger partial charge is 0.159 e.